The summed E-state index contributed by atoms with van der Waals surface area (Å²) < 4.78 is 1.65. The van der Waals surface area contributed by atoms with E-state index in [4.69, 9.17) is 0 Å². The molecular formula is C5H6N3. The summed E-state index contributed by atoms with van der Waals surface area (Å²) in [6, 6.07) is 0. The highest BCUT2D eigenvalue weighted by atomic mass is 15.3. The van der Waals surface area contributed by atoms with Crippen molar-refractivity contribution in [2.24, 2.45) is 0 Å². The highest BCUT2D eigenvalue weighted by molar-refractivity contribution is 4.67. The Bertz CT molecular complexity index is 154. The quantitative estimate of drug-likeness (QED) is 0.509. The molecule has 8 heavy (non-hydrogen) atoms. The summed E-state index contributed by atoms with van der Waals surface area (Å²) in [6.07, 6.45) is 5.78. The van der Waals surface area contributed by atoms with Crippen LogP contribution in [-0.2, 0) is 6.54 Å². The van der Waals surface area contributed by atoms with Crippen molar-refractivity contribution >= 4 is 0 Å². The van der Waals surface area contributed by atoms with Gasteiger partial charge in [0.15, 0.2) is 0 Å². The van der Waals surface area contributed by atoms with Gasteiger partial charge in [-0.1, -0.05) is 6.08 Å². The third-order valence-electron chi connectivity index (χ3n) is 0.738. The molecule has 1 aromatic heterocycles. The maximum Gasteiger partial charge on any atom is 0.220 e. The molecule has 0 amide bonds. The maximum absolute atomic E-state index is 3.72. The van der Waals surface area contributed by atoms with Crippen molar-refractivity contribution < 1.29 is 0 Å². The summed E-state index contributed by atoms with van der Waals surface area (Å²) in [5.41, 5.74) is 0. The highest BCUT2D eigenvalue weighted by Gasteiger charge is 1.81. The van der Waals surface area contributed by atoms with E-state index in [1.807, 2.05) is 0 Å². The van der Waals surface area contributed by atoms with Crippen LogP contribution in [0, 0.1) is 6.33 Å². The van der Waals surface area contributed by atoms with Gasteiger partial charge in [-0.25, -0.2) is 9.67 Å². The third-order valence-corrected chi connectivity index (χ3v) is 0.738. The molecule has 0 aliphatic rings. The standard InChI is InChI=1S/C5H6N3/c1-2-3-8-5-6-4-7-8/h2,5H,1,3H2. The fourth-order valence-corrected chi connectivity index (χ4v) is 0.422. The summed E-state index contributed by atoms with van der Waals surface area (Å²) >= 11 is 0. The number of hydrogen-bond acceptors (Lipinski definition) is 2. The Morgan fingerprint density at radius 3 is 3.25 bits per heavy atom. The van der Waals surface area contributed by atoms with E-state index >= 15 is 0 Å². The van der Waals surface area contributed by atoms with Gasteiger partial charge in [0, 0.05) is 0 Å². The molecule has 0 aromatic carbocycles. The largest absolute Gasteiger partial charge is 0.248 e. The zero-order valence-corrected chi connectivity index (χ0v) is 4.41. The fraction of sp³-hybridized carbons (Fsp3) is 0.200. The smallest absolute Gasteiger partial charge is 0.220 e. The monoisotopic (exact) mass is 108 g/mol. The van der Waals surface area contributed by atoms with E-state index in [9.17, 15) is 0 Å². The second kappa shape index (κ2) is 2.26. The van der Waals surface area contributed by atoms with Crippen LogP contribution in [0.15, 0.2) is 19.0 Å². The van der Waals surface area contributed by atoms with Crippen LogP contribution < -0.4 is 0 Å². The van der Waals surface area contributed by atoms with Gasteiger partial charge in [0.25, 0.3) is 0 Å². The van der Waals surface area contributed by atoms with Crippen LogP contribution in [-0.4, -0.2) is 14.8 Å². The molecule has 0 fully saturated rings. The Hall–Kier alpha value is -1.12. The van der Waals surface area contributed by atoms with Crippen molar-refractivity contribution in [3.8, 4) is 0 Å². The van der Waals surface area contributed by atoms with Crippen LogP contribution in [0.25, 0.3) is 0 Å². The molecule has 1 rings (SSSR count). The lowest BCUT2D eigenvalue weighted by molar-refractivity contribution is 0.699. The Morgan fingerprint density at radius 1 is 1.88 bits per heavy atom. The van der Waals surface area contributed by atoms with Crippen LogP contribution in [0.2, 0.25) is 0 Å². The topological polar surface area (TPSA) is 30.7 Å². The third kappa shape index (κ3) is 0.932. The molecule has 3 heteroatoms. The van der Waals surface area contributed by atoms with Crippen molar-refractivity contribution in [1.82, 2.24) is 14.8 Å². The van der Waals surface area contributed by atoms with Crippen LogP contribution in [0.4, 0.5) is 0 Å². The van der Waals surface area contributed by atoms with Crippen LogP contribution in [0.5, 0.6) is 0 Å². The number of nitrogens with zero attached hydrogens (tertiary/aromatic N) is 3. The summed E-state index contributed by atoms with van der Waals surface area (Å²) in [5.74, 6) is 0. The lowest BCUT2D eigenvalue weighted by Crippen LogP contribution is -1.93. The summed E-state index contributed by atoms with van der Waals surface area (Å²) in [4.78, 5) is 3.62. The predicted molar refractivity (Wildman–Crippen MR) is 29.1 cm³/mol. The van der Waals surface area contributed by atoms with E-state index in [-0.39, 0.29) is 0 Å². The average Bonchev–Trinajstić information content (AvgIpc) is 2.19. The average molecular weight is 108 g/mol. The molecule has 0 spiro atoms. The normalized spacial score (nSPS) is 9.00. The van der Waals surface area contributed by atoms with Crippen LogP contribution >= 0.6 is 0 Å². The van der Waals surface area contributed by atoms with E-state index in [0.717, 1.165) is 0 Å². The molecule has 0 atom stereocenters. The van der Waals surface area contributed by atoms with Crippen molar-refractivity contribution in [1.29, 1.82) is 0 Å². The van der Waals surface area contributed by atoms with Gasteiger partial charge in [-0.15, -0.1) is 11.7 Å². The Kier molecular flexibility index (Phi) is 1.42. The van der Waals surface area contributed by atoms with Crippen LogP contribution in [0.3, 0.4) is 0 Å². The van der Waals surface area contributed by atoms with E-state index in [0.29, 0.717) is 6.54 Å². The molecular weight excluding hydrogens is 102 g/mol. The fourth-order valence-electron chi connectivity index (χ4n) is 0.422. The van der Waals surface area contributed by atoms with Gasteiger partial charge < -0.3 is 0 Å². The molecule has 0 N–H and O–H groups in total. The van der Waals surface area contributed by atoms with E-state index < -0.39 is 0 Å². The second-order valence-electron chi connectivity index (χ2n) is 1.36. The van der Waals surface area contributed by atoms with E-state index in [1.165, 1.54) is 0 Å². The first-order valence-corrected chi connectivity index (χ1v) is 2.30. The molecule has 0 bridgehead atoms. The number of hydrogen-bond donors (Lipinski definition) is 0. The van der Waals surface area contributed by atoms with E-state index in [1.54, 1.807) is 17.1 Å². The zero-order valence-electron chi connectivity index (χ0n) is 4.41. The van der Waals surface area contributed by atoms with Crippen molar-refractivity contribution in [2.75, 3.05) is 0 Å². The van der Waals surface area contributed by atoms with Gasteiger partial charge >= 0.3 is 0 Å². The predicted octanol–water partition coefficient (Wildman–Crippen LogP) is 0.264. The first-order valence-electron chi connectivity index (χ1n) is 2.30. The molecule has 0 aliphatic carbocycles. The van der Waals surface area contributed by atoms with Crippen molar-refractivity contribution in [3.63, 3.8) is 0 Å². The number of rotatable bonds is 2. The molecule has 0 saturated carbocycles. The van der Waals surface area contributed by atoms with Crippen molar-refractivity contribution in [2.45, 2.75) is 6.54 Å². The second-order valence-corrected chi connectivity index (χ2v) is 1.36. The van der Waals surface area contributed by atoms with Gasteiger partial charge in [0.1, 0.15) is 6.33 Å². The molecule has 3 nitrogen and oxygen atoms in total. The van der Waals surface area contributed by atoms with Gasteiger partial charge in [-0.3, -0.25) is 0 Å². The Morgan fingerprint density at radius 2 is 2.75 bits per heavy atom. The lowest BCUT2D eigenvalue weighted by Gasteiger charge is -1.87. The Labute approximate surface area is 47.7 Å². The molecule has 0 saturated heterocycles. The minimum Gasteiger partial charge on any atom is -0.248 e. The lowest BCUT2D eigenvalue weighted by atomic mass is 10.6. The zero-order chi connectivity index (χ0) is 5.82. The van der Waals surface area contributed by atoms with Gasteiger partial charge in [0.05, 0.1) is 6.54 Å². The summed E-state index contributed by atoms with van der Waals surface area (Å²) in [7, 11) is 0. The summed E-state index contributed by atoms with van der Waals surface area (Å²) in [6.45, 7) is 4.24. The molecule has 1 heterocycles. The van der Waals surface area contributed by atoms with Crippen LogP contribution in [0.1, 0.15) is 0 Å². The molecule has 1 radical (unpaired) electrons. The van der Waals surface area contributed by atoms with Gasteiger partial charge in [-0.2, -0.15) is 0 Å². The Balaban J connectivity index is 2.62. The summed E-state index contributed by atoms with van der Waals surface area (Å²) in [5, 5.41) is 3.72. The SMILES string of the molecule is C=CCn1cn[c]n1. The minimum atomic E-state index is 0.705. The number of aromatic nitrogens is 3. The molecule has 0 aliphatic heterocycles. The maximum atomic E-state index is 3.72. The molecule has 41 valence electrons. The number of allylic oxidation sites excluding steroid dienone is 1. The van der Waals surface area contributed by atoms with E-state index in [2.05, 4.69) is 23.0 Å². The first kappa shape index (κ1) is 5.03. The molecule has 0 unspecified atom stereocenters. The highest BCUT2D eigenvalue weighted by Crippen LogP contribution is 1.77. The minimum absolute atomic E-state index is 0.705. The van der Waals surface area contributed by atoms with Gasteiger partial charge in [-0.05, 0) is 0 Å². The van der Waals surface area contributed by atoms with Crippen molar-refractivity contribution in [3.05, 3.63) is 25.3 Å². The van der Waals surface area contributed by atoms with Gasteiger partial charge in [0.2, 0.25) is 6.33 Å². The first-order chi connectivity index (χ1) is 3.93. The molecule has 1 aromatic rings.